The smallest absolute Gasteiger partial charge is 0.194 e. The molecule has 38 valence electrons. The van der Waals surface area contributed by atoms with Crippen molar-refractivity contribution in [3.63, 3.8) is 0 Å². The first-order chi connectivity index (χ1) is 2.94. The highest BCUT2D eigenvalue weighted by Crippen LogP contribution is 2.22. The van der Waals surface area contributed by atoms with Crippen LogP contribution < -0.4 is 0 Å². The average molecular weight is 161 g/mol. The van der Waals surface area contributed by atoms with Crippen LogP contribution in [0.1, 0.15) is 13.8 Å². The van der Waals surface area contributed by atoms with E-state index in [1.54, 1.807) is 13.8 Å². The van der Waals surface area contributed by atoms with Gasteiger partial charge in [-0.25, -0.2) is 0 Å². The van der Waals surface area contributed by atoms with Gasteiger partial charge < -0.3 is 0 Å². The lowest BCUT2D eigenvalue weighted by atomic mass is 9.74. The molecule has 7 heavy (non-hydrogen) atoms. The standard InChI is InChI=1S/C4H6BBrO/c1-4(2,5)3(6)7/h1-2H3. The maximum absolute atomic E-state index is 10.3. The summed E-state index contributed by atoms with van der Waals surface area (Å²) in [5.41, 5.74) is 0. The van der Waals surface area contributed by atoms with E-state index in [-0.39, 0.29) is 4.69 Å². The molecule has 0 fully saturated rings. The van der Waals surface area contributed by atoms with Crippen LogP contribution in [-0.2, 0) is 4.79 Å². The largest absolute Gasteiger partial charge is 0.287 e. The molecule has 0 saturated heterocycles. The van der Waals surface area contributed by atoms with E-state index in [2.05, 4.69) is 15.9 Å². The van der Waals surface area contributed by atoms with E-state index in [0.29, 0.717) is 0 Å². The molecule has 2 radical (unpaired) electrons. The van der Waals surface area contributed by atoms with Crippen molar-refractivity contribution in [3.8, 4) is 0 Å². The molecule has 0 aliphatic heterocycles. The van der Waals surface area contributed by atoms with E-state index in [9.17, 15) is 4.79 Å². The molecule has 0 unspecified atom stereocenters. The molecule has 0 saturated carbocycles. The van der Waals surface area contributed by atoms with Crippen LogP contribution in [-0.4, -0.2) is 12.5 Å². The third kappa shape index (κ3) is 2.86. The number of halogens is 1. The van der Waals surface area contributed by atoms with Crippen LogP contribution in [0.15, 0.2) is 0 Å². The zero-order valence-electron chi connectivity index (χ0n) is 4.36. The van der Waals surface area contributed by atoms with Crippen molar-refractivity contribution >= 4 is 28.5 Å². The van der Waals surface area contributed by atoms with Crippen molar-refractivity contribution in [2.75, 3.05) is 0 Å². The molecule has 0 aromatic rings. The van der Waals surface area contributed by atoms with E-state index in [4.69, 9.17) is 7.85 Å². The van der Waals surface area contributed by atoms with Gasteiger partial charge in [-0.3, -0.25) is 4.79 Å². The van der Waals surface area contributed by atoms with Crippen LogP contribution in [0.25, 0.3) is 0 Å². The minimum atomic E-state index is -0.722. The predicted molar refractivity (Wildman–Crippen MR) is 33.7 cm³/mol. The van der Waals surface area contributed by atoms with E-state index in [1.807, 2.05) is 0 Å². The van der Waals surface area contributed by atoms with Gasteiger partial charge in [-0.15, -0.1) is 0 Å². The summed E-state index contributed by atoms with van der Waals surface area (Å²) in [6, 6.07) is 0. The van der Waals surface area contributed by atoms with Crippen LogP contribution in [0.4, 0.5) is 0 Å². The Morgan fingerprint density at radius 1 is 1.71 bits per heavy atom. The van der Waals surface area contributed by atoms with Gasteiger partial charge in [0.15, 0.2) is 4.69 Å². The molecule has 1 nitrogen and oxygen atoms in total. The van der Waals surface area contributed by atoms with Gasteiger partial charge in [-0.2, -0.15) is 0 Å². The van der Waals surface area contributed by atoms with Crippen LogP contribution in [0.5, 0.6) is 0 Å². The monoisotopic (exact) mass is 160 g/mol. The minimum absolute atomic E-state index is 0.167. The first kappa shape index (κ1) is 7.21. The van der Waals surface area contributed by atoms with Crippen molar-refractivity contribution in [2.24, 2.45) is 0 Å². The summed E-state index contributed by atoms with van der Waals surface area (Å²) in [5, 5.41) is -0.722. The van der Waals surface area contributed by atoms with E-state index < -0.39 is 5.31 Å². The zero-order valence-corrected chi connectivity index (χ0v) is 5.95. The van der Waals surface area contributed by atoms with Gasteiger partial charge in [0.05, 0.1) is 7.85 Å². The number of hydrogen-bond donors (Lipinski definition) is 0. The van der Waals surface area contributed by atoms with Gasteiger partial charge in [0.1, 0.15) is 0 Å². The summed E-state index contributed by atoms with van der Waals surface area (Å²) < 4.78 is -0.167. The van der Waals surface area contributed by atoms with Crippen molar-refractivity contribution in [3.05, 3.63) is 0 Å². The highest BCUT2D eigenvalue weighted by atomic mass is 79.9. The van der Waals surface area contributed by atoms with Gasteiger partial charge in [0, 0.05) is 0 Å². The topological polar surface area (TPSA) is 17.1 Å². The maximum atomic E-state index is 10.3. The van der Waals surface area contributed by atoms with Gasteiger partial charge in [-0.05, 0) is 21.2 Å². The number of hydrogen-bond acceptors (Lipinski definition) is 1. The fraction of sp³-hybridized carbons (Fsp3) is 0.750. The summed E-state index contributed by atoms with van der Waals surface area (Å²) in [5.74, 6) is 0. The molecule has 0 aliphatic rings. The second-order valence-corrected chi connectivity index (χ2v) is 2.72. The quantitative estimate of drug-likeness (QED) is 0.417. The van der Waals surface area contributed by atoms with Crippen LogP contribution in [0, 0.1) is 0 Å². The second-order valence-electron chi connectivity index (χ2n) is 2.00. The Bertz CT molecular complexity index is 84.2. The number of carbonyl (C=O) groups excluding carboxylic acids is 1. The summed E-state index contributed by atoms with van der Waals surface area (Å²) in [4.78, 5) is 10.3. The first-order valence-electron chi connectivity index (χ1n) is 1.93. The van der Waals surface area contributed by atoms with Gasteiger partial charge in [0.2, 0.25) is 0 Å². The third-order valence-electron chi connectivity index (χ3n) is 0.507. The van der Waals surface area contributed by atoms with Crippen molar-refractivity contribution in [1.82, 2.24) is 0 Å². The lowest BCUT2D eigenvalue weighted by molar-refractivity contribution is -0.112. The summed E-state index contributed by atoms with van der Waals surface area (Å²) in [7, 11) is 5.28. The fourth-order valence-electron chi connectivity index (χ4n) is 0. The van der Waals surface area contributed by atoms with E-state index in [0.717, 1.165) is 0 Å². The summed E-state index contributed by atoms with van der Waals surface area (Å²) in [6.45, 7) is 3.29. The Morgan fingerprint density at radius 2 is 1.86 bits per heavy atom. The van der Waals surface area contributed by atoms with Crippen molar-refractivity contribution < 1.29 is 4.79 Å². The number of carbonyl (C=O) groups is 1. The highest BCUT2D eigenvalue weighted by Gasteiger charge is 2.16. The normalized spacial score (nSPS) is 11.3. The average Bonchev–Trinajstić information content (AvgIpc) is 1.31. The molecular weight excluding hydrogens is 155 g/mol. The number of rotatable bonds is 1. The molecule has 0 spiro atoms. The van der Waals surface area contributed by atoms with Crippen molar-refractivity contribution in [1.29, 1.82) is 0 Å². The fourth-order valence-corrected chi connectivity index (χ4v) is 0. The van der Waals surface area contributed by atoms with Gasteiger partial charge in [-0.1, -0.05) is 13.8 Å². The van der Waals surface area contributed by atoms with Crippen LogP contribution in [0.3, 0.4) is 0 Å². The van der Waals surface area contributed by atoms with Crippen molar-refractivity contribution in [2.45, 2.75) is 19.2 Å². The zero-order chi connectivity index (χ0) is 6.08. The molecule has 0 rings (SSSR count). The van der Waals surface area contributed by atoms with E-state index >= 15 is 0 Å². The SMILES string of the molecule is [B]C(C)(C)C(=O)Br. The molecule has 0 aromatic heterocycles. The Balaban J connectivity index is 3.79. The lowest BCUT2D eigenvalue weighted by Gasteiger charge is -2.09. The van der Waals surface area contributed by atoms with Gasteiger partial charge >= 0.3 is 0 Å². The highest BCUT2D eigenvalue weighted by molar-refractivity contribution is 9.18. The first-order valence-corrected chi connectivity index (χ1v) is 2.72. The summed E-state index contributed by atoms with van der Waals surface area (Å²) >= 11 is 2.73. The Labute approximate surface area is 53.0 Å². The third-order valence-corrected chi connectivity index (χ3v) is 1.53. The molecule has 3 heteroatoms. The summed E-state index contributed by atoms with van der Waals surface area (Å²) in [6.07, 6.45) is 0. The molecule has 0 aromatic carbocycles. The molecule has 0 aliphatic carbocycles. The molecule has 0 bridgehead atoms. The van der Waals surface area contributed by atoms with Crippen LogP contribution >= 0.6 is 15.9 Å². The molecule has 0 N–H and O–H groups in total. The van der Waals surface area contributed by atoms with Crippen LogP contribution in [0.2, 0.25) is 5.31 Å². The lowest BCUT2D eigenvalue weighted by Crippen LogP contribution is -2.09. The molecule has 0 heterocycles. The Kier molecular flexibility index (Phi) is 2.05. The predicted octanol–water partition coefficient (Wildman–Crippen LogP) is 1.27. The Hall–Kier alpha value is 0.215. The van der Waals surface area contributed by atoms with Gasteiger partial charge in [0.25, 0.3) is 0 Å². The molecule has 0 amide bonds. The minimum Gasteiger partial charge on any atom is -0.287 e. The van der Waals surface area contributed by atoms with E-state index in [1.165, 1.54) is 0 Å². The Morgan fingerprint density at radius 3 is 1.86 bits per heavy atom. The second kappa shape index (κ2) is 1.99. The molecular formula is C4H6BBrO. The maximum Gasteiger partial charge on any atom is 0.194 e. The molecule has 0 atom stereocenters.